The van der Waals surface area contributed by atoms with E-state index in [-0.39, 0.29) is 4.75 Å². The van der Waals surface area contributed by atoms with Crippen LogP contribution in [0.2, 0.25) is 0 Å². The van der Waals surface area contributed by atoms with Crippen molar-refractivity contribution < 1.29 is 4.21 Å². The molecule has 0 saturated carbocycles. The largest absolute Gasteiger partial charge is 0.275 e. The van der Waals surface area contributed by atoms with Gasteiger partial charge in [-0.25, -0.2) is 0 Å². The summed E-state index contributed by atoms with van der Waals surface area (Å²) in [6, 6.07) is 19.8. The van der Waals surface area contributed by atoms with E-state index in [1.165, 1.54) is 0 Å². The minimum atomic E-state index is -2.63. The van der Waals surface area contributed by atoms with Crippen LogP contribution in [0.3, 0.4) is 0 Å². The van der Waals surface area contributed by atoms with Gasteiger partial charge in [0.2, 0.25) is 0 Å². The van der Waals surface area contributed by atoms with Crippen LogP contribution in [0.15, 0.2) is 70.5 Å². The first-order valence-corrected chi connectivity index (χ1v) is 8.44. The van der Waals surface area contributed by atoms with Crippen molar-refractivity contribution in [1.82, 2.24) is 0 Å². The fourth-order valence-electron chi connectivity index (χ4n) is 2.35. The highest BCUT2D eigenvalue weighted by atomic mass is 32.2. The van der Waals surface area contributed by atoms with Crippen LogP contribution < -0.4 is 0 Å². The lowest BCUT2D eigenvalue weighted by Gasteiger charge is -2.39. The van der Waals surface area contributed by atoms with Gasteiger partial charge in [0, 0.05) is 14.5 Å². The quantitative estimate of drug-likeness (QED) is 0.822. The van der Waals surface area contributed by atoms with Gasteiger partial charge in [-0.2, -0.15) is 0 Å². The molecule has 0 amide bonds. The highest BCUT2D eigenvalue weighted by molar-refractivity contribution is 8.04. The molecule has 0 N–H and O–H groups in total. The smallest absolute Gasteiger partial charge is 0.0258 e. The molecule has 2 aromatic carbocycles. The van der Waals surface area contributed by atoms with E-state index >= 15 is 0 Å². The predicted molar refractivity (Wildman–Crippen MR) is 83.3 cm³/mol. The fraction of sp³-hybridized carbons (Fsp3) is 0.294. The first-order valence-electron chi connectivity index (χ1n) is 6.74. The molecule has 0 heterocycles. The minimum Gasteiger partial charge on any atom is -0.275 e. The van der Waals surface area contributed by atoms with Gasteiger partial charge in [0.1, 0.15) is 0 Å². The number of hydrogen-bond donors (Lipinski definition) is 1. The maximum Gasteiger partial charge on any atom is 0.0258 e. The SMILES string of the molecule is CCC(C)(C)[SH](=O)(c1ccccc1)c1ccccc1. The summed E-state index contributed by atoms with van der Waals surface area (Å²) >= 11 is 0. The van der Waals surface area contributed by atoms with Crippen LogP contribution in [0, 0.1) is 0 Å². The number of benzene rings is 2. The molecule has 0 fully saturated rings. The number of hydrogen-bond acceptors (Lipinski definition) is 1. The van der Waals surface area contributed by atoms with Crippen molar-refractivity contribution in [2.75, 3.05) is 0 Å². The van der Waals surface area contributed by atoms with E-state index in [9.17, 15) is 4.21 Å². The van der Waals surface area contributed by atoms with Gasteiger partial charge in [-0.1, -0.05) is 53.3 Å². The molecule has 2 rings (SSSR count). The molecule has 0 atom stereocenters. The molecular formula is C17H22OS. The Morgan fingerprint density at radius 1 is 0.842 bits per heavy atom. The van der Waals surface area contributed by atoms with Crippen molar-refractivity contribution >= 4 is 9.93 Å². The van der Waals surface area contributed by atoms with E-state index in [0.29, 0.717) is 0 Å². The molecule has 0 unspecified atom stereocenters. The minimum absolute atomic E-state index is 0.240. The van der Waals surface area contributed by atoms with E-state index in [4.69, 9.17) is 0 Å². The zero-order valence-corrected chi connectivity index (χ0v) is 12.7. The normalized spacial score (nSPS) is 13.2. The fourth-order valence-corrected chi connectivity index (χ4v) is 5.67. The van der Waals surface area contributed by atoms with E-state index in [0.717, 1.165) is 16.2 Å². The molecule has 1 nitrogen and oxygen atoms in total. The molecule has 0 bridgehead atoms. The summed E-state index contributed by atoms with van der Waals surface area (Å²) in [4.78, 5) is 1.90. The Kier molecular flexibility index (Phi) is 3.91. The number of thiol groups is 1. The average molecular weight is 274 g/mol. The molecule has 2 aromatic rings. The first-order chi connectivity index (χ1) is 9.02. The summed E-state index contributed by atoms with van der Waals surface area (Å²) in [7, 11) is -2.63. The van der Waals surface area contributed by atoms with Gasteiger partial charge in [0.15, 0.2) is 0 Å². The third-order valence-corrected chi connectivity index (χ3v) is 8.03. The Hall–Kier alpha value is -1.41. The van der Waals surface area contributed by atoms with Crippen molar-refractivity contribution in [2.24, 2.45) is 0 Å². The van der Waals surface area contributed by atoms with Gasteiger partial charge in [-0.3, -0.25) is 4.21 Å². The van der Waals surface area contributed by atoms with Gasteiger partial charge >= 0.3 is 0 Å². The maximum atomic E-state index is 13.9. The zero-order chi connectivity index (χ0) is 13.9. The summed E-state index contributed by atoms with van der Waals surface area (Å²) in [6.45, 7) is 6.32. The Balaban J connectivity index is 2.69. The lowest BCUT2D eigenvalue weighted by Crippen LogP contribution is -2.37. The average Bonchev–Trinajstić information content (AvgIpc) is 2.48. The molecule has 0 spiro atoms. The van der Waals surface area contributed by atoms with E-state index in [2.05, 4.69) is 20.8 Å². The Morgan fingerprint density at radius 2 is 1.21 bits per heavy atom. The Morgan fingerprint density at radius 3 is 1.53 bits per heavy atom. The molecule has 102 valence electrons. The Bertz CT molecular complexity index is 529. The molecule has 0 aliphatic carbocycles. The standard InChI is InChI=1S/C17H22OS/c1-4-17(2,3)19(18,15-11-7-5-8-12-15)16-13-9-6-10-14-16/h5-14,19H,4H2,1-3H3. The highest BCUT2D eigenvalue weighted by Crippen LogP contribution is 2.41. The lowest BCUT2D eigenvalue weighted by molar-refractivity contribution is 0.595. The Labute approximate surface area is 117 Å². The van der Waals surface area contributed by atoms with Crippen molar-refractivity contribution in [3.63, 3.8) is 0 Å². The van der Waals surface area contributed by atoms with Crippen molar-refractivity contribution in [3.8, 4) is 0 Å². The van der Waals surface area contributed by atoms with Crippen LogP contribution >= 0.6 is 0 Å². The third kappa shape index (κ3) is 2.37. The third-order valence-electron chi connectivity index (χ3n) is 3.96. The van der Waals surface area contributed by atoms with Gasteiger partial charge in [-0.05, 0) is 44.5 Å². The summed E-state index contributed by atoms with van der Waals surface area (Å²) in [5.74, 6) is 0. The summed E-state index contributed by atoms with van der Waals surface area (Å²) < 4.78 is 13.6. The second kappa shape index (κ2) is 5.30. The van der Waals surface area contributed by atoms with Gasteiger partial charge < -0.3 is 0 Å². The van der Waals surface area contributed by atoms with Crippen LogP contribution in [-0.4, -0.2) is 8.96 Å². The summed E-state index contributed by atoms with van der Waals surface area (Å²) in [5, 5.41) is 0. The number of rotatable bonds is 4. The second-order valence-corrected chi connectivity index (χ2v) is 8.91. The summed E-state index contributed by atoms with van der Waals surface area (Å²) in [5.41, 5.74) is 0. The molecule has 19 heavy (non-hydrogen) atoms. The van der Waals surface area contributed by atoms with Crippen molar-refractivity contribution in [2.45, 2.75) is 41.7 Å². The molecular weight excluding hydrogens is 252 g/mol. The molecule has 0 aliphatic rings. The topological polar surface area (TPSA) is 17.1 Å². The van der Waals surface area contributed by atoms with E-state index in [1.54, 1.807) is 0 Å². The van der Waals surface area contributed by atoms with Crippen molar-refractivity contribution in [1.29, 1.82) is 0 Å². The van der Waals surface area contributed by atoms with E-state index in [1.807, 2.05) is 60.7 Å². The molecule has 0 saturated heterocycles. The first kappa shape index (κ1) is 14.0. The lowest BCUT2D eigenvalue weighted by atomic mass is 10.1. The second-order valence-electron chi connectivity index (χ2n) is 5.45. The molecule has 0 aliphatic heterocycles. The predicted octanol–water partition coefficient (Wildman–Crippen LogP) is 4.31. The zero-order valence-electron chi connectivity index (χ0n) is 11.8. The van der Waals surface area contributed by atoms with Crippen LogP contribution in [0.25, 0.3) is 0 Å². The van der Waals surface area contributed by atoms with Crippen LogP contribution in [0.1, 0.15) is 27.2 Å². The van der Waals surface area contributed by atoms with E-state index < -0.39 is 9.93 Å². The van der Waals surface area contributed by atoms with Gasteiger partial charge in [0.25, 0.3) is 0 Å². The van der Waals surface area contributed by atoms with Crippen LogP contribution in [0.4, 0.5) is 0 Å². The molecule has 0 aromatic heterocycles. The van der Waals surface area contributed by atoms with Crippen molar-refractivity contribution in [3.05, 3.63) is 60.7 Å². The highest BCUT2D eigenvalue weighted by Gasteiger charge is 2.36. The van der Waals surface area contributed by atoms with Crippen LogP contribution in [-0.2, 0) is 9.93 Å². The van der Waals surface area contributed by atoms with Gasteiger partial charge in [0.05, 0.1) is 0 Å². The van der Waals surface area contributed by atoms with Crippen LogP contribution in [0.5, 0.6) is 0 Å². The molecule has 0 radical (unpaired) electrons. The molecule has 2 heteroatoms. The monoisotopic (exact) mass is 274 g/mol. The van der Waals surface area contributed by atoms with Gasteiger partial charge in [-0.15, -0.1) is 0 Å². The summed E-state index contributed by atoms with van der Waals surface area (Å²) in [6.07, 6.45) is 0.883. The maximum absolute atomic E-state index is 13.9.